The molecule has 1 fully saturated rings. The van der Waals surface area contributed by atoms with E-state index in [9.17, 15) is 0 Å². The monoisotopic (exact) mass is 396 g/mol. The average molecular weight is 397 g/mol. The molecular formula is C21H28N6S. The summed E-state index contributed by atoms with van der Waals surface area (Å²) in [5.41, 5.74) is 2.73. The molecular weight excluding hydrogens is 368 g/mol. The van der Waals surface area contributed by atoms with E-state index < -0.39 is 0 Å². The van der Waals surface area contributed by atoms with E-state index in [4.69, 9.17) is 4.98 Å². The lowest BCUT2D eigenvalue weighted by Crippen LogP contribution is -2.56. The third-order valence-electron chi connectivity index (χ3n) is 6.50. The molecule has 3 aromatic rings. The van der Waals surface area contributed by atoms with Crippen LogP contribution in [0.5, 0.6) is 0 Å². The van der Waals surface area contributed by atoms with Crippen molar-refractivity contribution in [2.45, 2.75) is 51.5 Å². The SMILES string of the molecule is CCCCN1CCc2[nH]cnc2C12CCN(c1ncnc3sc(C)cc13)CC2. The van der Waals surface area contributed by atoms with Crippen LogP contribution in [0.15, 0.2) is 18.7 Å². The number of hydrogen-bond acceptors (Lipinski definition) is 6. The van der Waals surface area contributed by atoms with Gasteiger partial charge in [0.05, 0.1) is 22.9 Å². The van der Waals surface area contributed by atoms with Crippen LogP contribution in [-0.2, 0) is 12.0 Å². The number of H-pyrrole nitrogens is 1. The van der Waals surface area contributed by atoms with Gasteiger partial charge in [-0.1, -0.05) is 13.3 Å². The fourth-order valence-electron chi connectivity index (χ4n) is 5.05. The van der Waals surface area contributed by atoms with Crippen molar-refractivity contribution in [2.75, 3.05) is 31.1 Å². The molecule has 0 unspecified atom stereocenters. The lowest BCUT2D eigenvalue weighted by atomic mass is 9.78. The zero-order chi connectivity index (χ0) is 19.1. The number of piperidine rings is 1. The predicted molar refractivity (Wildman–Crippen MR) is 114 cm³/mol. The van der Waals surface area contributed by atoms with Gasteiger partial charge in [-0.2, -0.15) is 0 Å². The number of hydrogen-bond donors (Lipinski definition) is 1. The molecule has 0 bridgehead atoms. The molecule has 2 aliphatic heterocycles. The number of aromatic nitrogens is 4. The van der Waals surface area contributed by atoms with Crippen molar-refractivity contribution in [2.24, 2.45) is 0 Å². The molecule has 0 saturated carbocycles. The van der Waals surface area contributed by atoms with Crippen LogP contribution in [0.2, 0.25) is 0 Å². The van der Waals surface area contributed by atoms with Crippen LogP contribution in [0.3, 0.4) is 0 Å². The van der Waals surface area contributed by atoms with Gasteiger partial charge in [-0.25, -0.2) is 15.0 Å². The third kappa shape index (κ3) is 2.83. The standard InChI is InChI=1S/C21H28N6S/c1-3-4-8-27-9-5-17-18(23-13-22-17)21(27)6-10-26(11-7-21)19-16-12-15(2)28-20(16)25-14-24-19/h12-14H,3-11H2,1-2H3,(H,22,23). The van der Waals surface area contributed by atoms with Crippen LogP contribution in [0.4, 0.5) is 5.82 Å². The summed E-state index contributed by atoms with van der Waals surface area (Å²) < 4.78 is 0. The normalized spacial score (nSPS) is 19.4. The second-order valence-electron chi connectivity index (χ2n) is 8.11. The Labute approximate surface area is 170 Å². The first-order valence-electron chi connectivity index (χ1n) is 10.4. The highest BCUT2D eigenvalue weighted by Gasteiger charge is 2.46. The number of fused-ring (bicyclic) bond motifs is 3. The number of imidazole rings is 1. The maximum absolute atomic E-state index is 4.80. The zero-order valence-corrected chi connectivity index (χ0v) is 17.6. The molecule has 0 amide bonds. The van der Waals surface area contributed by atoms with Gasteiger partial charge in [0.15, 0.2) is 0 Å². The van der Waals surface area contributed by atoms with E-state index in [0.717, 1.165) is 49.5 Å². The average Bonchev–Trinajstić information content (AvgIpc) is 3.34. The maximum atomic E-state index is 4.80. The lowest BCUT2D eigenvalue weighted by molar-refractivity contribution is 0.0431. The quantitative estimate of drug-likeness (QED) is 0.725. The minimum Gasteiger partial charge on any atom is -0.356 e. The first kappa shape index (κ1) is 18.1. The fraction of sp³-hybridized carbons (Fsp3) is 0.571. The van der Waals surface area contributed by atoms with Gasteiger partial charge >= 0.3 is 0 Å². The van der Waals surface area contributed by atoms with Gasteiger partial charge in [0, 0.05) is 36.6 Å². The van der Waals surface area contributed by atoms with Crippen molar-refractivity contribution in [1.82, 2.24) is 24.8 Å². The van der Waals surface area contributed by atoms with Gasteiger partial charge in [0.1, 0.15) is 17.0 Å². The Balaban J connectivity index is 1.44. The molecule has 148 valence electrons. The van der Waals surface area contributed by atoms with Crippen LogP contribution in [0.25, 0.3) is 10.2 Å². The first-order valence-corrected chi connectivity index (χ1v) is 11.3. The molecule has 28 heavy (non-hydrogen) atoms. The van der Waals surface area contributed by atoms with Crippen molar-refractivity contribution in [3.8, 4) is 0 Å². The van der Waals surface area contributed by atoms with Crippen molar-refractivity contribution in [1.29, 1.82) is 0 Å². The van der Waals surface area contributed by atoms with Crippen LogP contribution >= 0.6 is 11.3 Å². The molecule has 2 aliphatic rings. The minimum atomic E-state index is 0.0793. The number of aromatic amines is 1. The van der Waals surface area contributed by atoms with E-state index in [1.807, 2.05) is 6.33 Å². The van der Waals surface area contributed by atoms with Gasteiger partial charge in [0.25, 0.3) is 0 Å². The molecule has 5 heterocycles. The summed E-state index contributed by atoms with van der Waals surface area (Å²) in [6.07, 6.45) is 9.40. The van der Waals surface area contributed by atoms with Gasteiger partial charge < -0.3 is 9.88 Å². The van der Waals surface area contributed by atoms with Crippen LogP contribution in [0.1, 0.15) is 48.9 Å². The molecule has 5 rings (SSSR count). The zero-order valence-electron chi connectivity index (χ0n) is 16.7. The van der Waals surface area contributed by atoms with E-state index in [1.165, 1.54) is 41.0 Å². The smallest absolute Gasteiger partial charge is 0.140 e. The Bertz CT molecular complexity index is 968. The van der Waals surface area contributed by atoms with Crippen LogP contribution in [-0.4, -0.2) is 51.0 Å². The van der Waals surface area contributed by atoms with Gasteiger partial charge in [0.2, 0.25) is 0 Å². The topological polar surface area (TPSA) is 60.9 Å². The molecule has 0 aromatic carbocycles. The first-order chi connectivity index (χ1) is 13.7. The number of anilines is 1. The van der Waals surface area contributed by atoms with Gasteiger partial charge in [-0.3, -0.25) is 4.90 Å². The van der Waals surface area contributed by atoms with Gasteiger partial charge in [-0.15, -0.1) is 11.3 Å². The Morgan fingerprint density at radius 2 is 2.04 bits per heavy atom. The Morgan fingerprint density at radius 3 is 2.86 bits per heavy atom. The van der Waals surface area contributed by atoms with Crippen molar-refractivity contribution < 1.29 is 0 Å². The molecule has 3 aromatic heterocycles. The number of rotatable bonds is 4. The molecule has 1 N–H and O–H groups in total. The summed E-state index contributed by atoms with van der Waals surface area (Å²) in [4.78, 5) is 24.9. The fourth-order valence-corrected chi connectivity index (χ4v) is 5.90. The van der Waals surface area contributed by atoms with E-state index in [2.05, 4.69) is 44.7 Å². The second-order valence-corrected chi connectivity index (χ2v) is 9.35. The number of nitrogens with one attached hydrogen (secondary N) is 1. The Hall–Kier alpha value is -1.99. The Kier molecular flexibility index (Phi) is 4.59. The highest BCUT2D eigenvalue weighted by molar-refractivity contribution is 7.18. The van der Waals surface area contributed by atoms with Crippen LogP contribution < -0.4 is 4.90 Å². The summed E-state index contributed by atoms with van der Waals surface area (Å²) in [6.45, 7) is 8.75. The van der Waals surface area contributed by atoms with Crippen molar-refractivity contribution in [3.63, 3.8) is 0 Å². The summed E-state index contributed by atoms with van der Waals surface area (Å²) in [7, 11) is 0. The number of unbranched alkanes of at least 4 members (excludes halogenated alkanes) is 1. The van der Waals surface area contributed by atoms with E-state index in [1.54, 1.807) is 17.7 Å². The number of nitrogens with zero attached hydrogens (tertiary/aromatic N) is 5. The molecule has 1 saturated heterocycles. The van der Waals surface area contributed by atoms with Crippen molar-refractivity contribution in [3.05, 3.63) is 35.0 Å². The lowest BCUT2D eigenvalue weighted by Gasteiger charge is -2.51. The van der Waals surface area contributed by atoms with Crippen molar-refractivity contribution >= 4 is 27.4 Å². The third-order valence-corrected chi connectivity index (χ3v) is 7.46. The molecule has 0 atom stereocenters. The maximum Gasteiger partial charge on any atom is 0.140 e. The number of aryl methyl sites for hydroxylation is 1. The minimum absolute atomic E-state index is 0.0793. The van der Waals surface area contributed by atoms with Crippen LogP contribution in [0, 0.1) is 6.92 Å². The number of thiophene rings is 1. The summed E-state index contributed by atoms with van der Waals surface area (Å²) in [5.74, 6) is 1.10. The second kappa shape index (κ2) is 7.12. The molecule has 1 spiro atoms. The van der Waals surface area contributed by atoms with Gasteiger partial charge in [-0.05, 0) is 38.8 Å². The highest BCUT2D eigenvalue weighted by atomic mass is 32.1. The van der Waals surface area contributed by atoms with E-state index in [0.29, 0.717) is 0 Å². The Morgan fingerprint density at radius 1 is 1.18 bits per heavy atom. The summed E-state index contributed by atoms with van der Waals surface area (Å²) in [6, 6.07) is 2.24. The molecule has 0 aliphatic carbocycles. The molecule has 0 radical (unpaired) electrons. The van der Waals surface area contributed by atoms with E-state index in [-0.39, 0.29) is 5.54 Å². The summed E-state index contributed by atoms with van der Waals surface area (Å²) in [5, 5.41) is 1.20. The summed E-state index contributed by atoms with van der Waals surface area (Å²) >= 11 is 1.75. The largest absolute Gasteiger partial charge is 0.356 e. The van der Waals surface area contributed by atoms with E-state index >= 15 is 0 Å². The molecule has 6 nitrogen and oxygen atoms in total. The highest BCUT2D eigenvalue weighted by Crippen LogP contribution is 2.43. The predicted octanol–water partition coefficient (Wildman–Crippen LogP) is 3.88. The molecule has 7 heteroatoms.